The summed E-state index contributed by atoms with van der Waals surface area (Å²) >= 11 is 0. The second-order valence-corrected chi connectivity index (χ2v) is 5.92. The number of carbonyl (C=O) groups is 2. The fourth-order valence-electron chi connectivity index (χ4n) is 3.30. The highest BCUT2D eigenvalue weighted by Gasteiger charge is 2.40. The average molecular weight is 265 g/mol. The predicted molar refractivity (Wildman–Crippen MR) is 72.6 cm³/mol. The molecule has 4 heteroatoms. The molecule has 0 saturated heterocycles. The van der Waals surface area contributed by atoms with Gasteiger partial charge in [-0.1, -0.05) is 18.6 Å². The van der Waals surface area contributed by atoms with Crippen molar-refractivity contribution in [2.24, 2.45) is 17.8 Å². The highest BCUT2D eigenvalue weighted by Crippen LogP contribution is 2.36. The summed E-state index contributed by atoms with van der Waals surface area (Å²) in [4.78, 5) is 23.2. The number of hydrogen-bond acceptors (Lipinski definition) is 2. The molecular weight excluding hydrogens is 242 g/mol. The maximum absolute atomic E-state index is 12.1. The van der Waals surface area contributed by atoms with E-state index in [4.69, 9.17) is 5.11 Å². The van der Waals surface area contributed by atoms with Gasteiger partial charge in [-0.05, 0) is 44.4 Å². The summed E-state index contributed by atoms with van der Waals surface area (Å²) in [5, 5.41) is 12.1. The van der Waals surface area contributed by atoms with E-state index < -0.39 is 11.9 Å². The summed E-state index contributed by atoms with van der Waals surface area (Å²) in [6.07, 6.45) is 8.02. The van der Waals surface area contributed by atoms with Gasteiger partial charge in [-0.3, -0.25) is 9.59 Å². The molecule has 0 heterocycles. The third-order valence-corrected chi connectivity index (χ3v) is 4.33. The summed E-state index contributed by atoms with van der Waals surface area (Å²) in [5.41, 5.74) is 1.43. The van der Waals surface area contributed by atoms with Gasteiger partial charge in [-0.2, -0.15) is 0 Å². The van der Waals surface area contributed by atoms with Crippen LogP contribution in [0.2, 0.25) is 0 Å². The van der Waals surface area contributed by atoms with Gasteiger partial charge in [0.15, 0.2) is 0 Å². The fourth-order valence-corrected chi connectivity index (χ4v) is 3.30. The van der Waals surface area contributed by atoms with Crippen molar-refractivity contribution < 1.29 is 14.7 Å². The molecule has 3 atom stereocenters. The summed E-state index contributed by atoms with van der Waals surface area (Å²) in [6.45, 7) is 2.66. The lowest BCUT2D eigenvalue weighted by atomic mass is 9.95. The number of carboxylic acid groups (broad SMARTS) is 1. The molecule has 0 aliphatic heterocycles. The SMILES string of the molecule is CC1CC(C(=O)O)C(C(=O)NCCC2=CCCC2)C1. The van der Waals surface area contributed by atoms with Crippen molar-refractivity contribution >= 4 is 11.9 Å². The van der Waals surface area contributed by atoms with E-state index in [1.807, 2.05) is 6.92 Å². The first-order chi connectivity index (χ1) is 9.08. The zero-order valence-corrected chi connectivity index (χ0v) is 11.5. The van der Waals surface area contributed by atoms with Crippen molar-refractivity contribution in [3.8, 4) is 0 Å². The number of aliphatic carboxylic acids is 1. The Hall–Kier alpha value is -1.32. The third-order valence-electron chi connectivity index (χ3n) is 4.33. The van der Waals surface area contributed by atoms with Crippen molar-refractivity contribution in [2.75, 3.05) is 6.54 Å². The first-order valence-electron chi connectivity index (χ1n) is 7.26. The van der Waals surface area contributed by atoms with Gasteiger partial charge in [0.05, 0.1) is 11.8 Å². The zero-order chi connectivity index (χ0) is 13.8. The van der Waals surface area contributed by atoms with E-state index in [0.717, 1.165) is 19.3 Å². The van der Waals surface area contributed by atoms with Crippen LogP contribution in [0.4, 0.5) is 0 Å². The predicted octanol–water partition coefficient (Wildman–Crippen LogP) is 2.35. The van der Waals surface area contributed by atoms with Crippen LogP contribution < -0.4 is 5.32 Å². The number of allylic oxidation sites excluding steroid dienone is 1. The van der Waals surface area contributed by atoms with E-state index in [-0.39, 0.29) is 11.8 Å². The Balaban J connectivity index is 1.79. The van der Waals surface area contributed by atoms with Gasteiger partial charge in [0.25, 0.3) is 0 Å². The molecule has 2 aliphatic carbocycles. The van der Waals surface area contributed by atoms with Crippen LogP contribution in [0.1, 0.15) is 45.4 Å². The van der Waals surface area contributed by atoms with E-state index in [9.17, 15) is 9.59 Å². The molecule has 106 valence electrons. The number of carbonyl (C=O) groups excluding carboxylic acids is 1. The maximum atomic E-state index is 12.1. The Kier molecular flexibility index (Phi) is 4.61. The van der Waals surface area contributed by atoms with Crippen LogP contribution in [0.5, 0.6) is 0 Å². The Labute approximate surface area is 114 Å². The van der Waals surface area contributed by atoms with Crippen molar-refractivity contribution in [1.82, 2.24) is 5.32 Å². The molecule has 4 nitrogen and oxygen atoms in total. The zero-order valence-electron chi connectivity index (χ0n) is 11.5. The second kappa shape index (κ2) is 6.22. The summed E-state index contributed by atoms with van der Waals surface area (Å²) in [6, 6.07) is 0. The molecule has 0 bridgehead atoms. The van der Waals surface area contributed by atoms with Crippen LogP contribution in [0.25, 0.3) is 0 Å². The molecule has 1 amide bonds. The van der Waals surface area contributed by atoms with Gasteiger partial charge in [-0.25, -0.2) is 0 Å². The van der Waals surface area contributed by atoms with Crippen molar-refractivity contribution in [3.05, 3.63) is 11.6 Å². The lowest BCUT2D eigenvalue weighted by Gasteiger charge is -2.15. The fraction of sp³-hybridized carbons (Fsp3) is 0.733. The van der Waals surface area contributed by atoms with E-state index >= 15 is 0 Å². The quantitative estimate of drug-likeness (QED) is 0.750. The molecule has 0 aromatic carbocycles. The number of hydrogen-bond donors (Lipinski definition) is 2. The van der Waals surface area contributed by atoms with Crippen LogP contribution in [-0.2, 0) is 9.59 Å². The number of carboxylic acids is 1. The average Bonchev–Trinajstić information content (AvgIpc) is 2.98. The van der Waals surface area contributed by atoms with Crippen LogP contribution in [0.3, 0.4) is 0 Å². The molecule has 2 N–H and O–H groups in total. The Morgan fingerprint density at radius 3 is 2.74 bits per heavy atom. The molecule has 3 unspecified atom stereocenters. The maximum Gasteiger partial charge on any atom is 0.307 e. The first-order valence-corrected chi connectivity index (χ1v) is 7.26. The molecule has 0 aromatic rings. The minimum absolute atomic E-state index is 0.0738. The number of rotatable bonds is 5. The lowest BCUT2D eigenvalue weighted by molar-refractivity contribution is -0.146. The standard InChI is InChI=1S/C15H23NO3/c1-10-8-12(13(9-10)15(18)19)14(17)16-7-6-11-4-2-3-5-11/h4,10,12-13H,2-3,5-9H2,1H3,(H,16,17)(H,18,19). The number of amides is 1. The second-order valence-electron chi connectivity index (χ2n) is 5.92. The van der Waals surface area contributed by atoms with Crippen LogP contribution in [0.15, 0.2) is 11.6 Å². The molecule has 1 fully saturated rings. The molecular formula is C15H23NO3. The van der Waals surface area contributed by atoms with Crippen molar-refractivity contribution in [2.45, 2.75) is 45.4 Å². The van der Waals surface area contributed by atoms with E-state index in [2.05, 4.69) is 11.4 Å². The topological polar surface area (TPSA) is 66.4 Å². The summed E-state index contributed by atoms with van der Waals surface area (Å²) in [5.74, 6) is -1.42. The van der Waals surface area contributed by atoms with Crippen LogP contribution >= 0.6 is 0 Å². The van der Waals surface area contributed by atoms with E-state index in [0.29, 0.717) is 25.3 Å². The molecule has 1 saturated carbocycles. The van der Waals surface area contributed by atoms with Gasteiger partial charge in [0.1, 0.15) is 0 Å². The Morgan fingerprint density at radius 2 is 2.11 bits per heavy atom. The minimum atomic E-state index is -0.831. The van der Waals surface area contributed by atoms with Crippen molar-refractivity contribution in [3.63, 3.8) is 0 Å². The smallest absolute Gasteiger partial charge is 0.307 e. The molecule has 2 aliphatic rings. The highest BCUT2D eigenvalue weighted by atomic mass is 16.4. The van der Waals surface area contributed by atoms with Crippen molar-refractivity contribution in [1.29, 1.82) is 0 Å². The Bertz CT molecular complexity index is 389. The van der Waals surface area contributed by atoms with Gasteiger partial charge < -0.3 is 10.4 Å². The van der Waals surface area contributed by atoms with Crippen LogP contribution in [-0.4, -0.2) is 23.5 Å². The lowest BCUT2D eigenvalue weighted by Crippen LogP contribution is -2.35. The van der Waals surface area contributed by atoms with Gasteiger partial charge >= 0.3 is 5.97 Å². The third kappa shape index (κ3) is 3.58. The van der Waals surface area contributed by atoms with Crippen LogP contribution in [0, 0.1) is 17.8 Å². The molecule has 2 rings (SSSR count). The monoisotopic (exact) mass is 265 g/mol. The van der Waals surface area contributed by atoms with E-state index in [1.54, 1.807) is 0 Å². The largest absolute Gasteiger partial charge is 0.481 e. The first kappa shape index (κ1) is 14.1. The van der Waals surface area contributed by atoms with Gasteiger partial charge in [-0.15, -0.1) is 0 Å². The summed E-state index contributed by atoms with van der Waals surface area (Å²) in [7, 11) is 0. The molecule has 19 heavy (non-hydrogen) atoms. The summed E-state index contributed by atoms with van der Waals surface area (Å²) < 4.78 is 0. The van der Waals surface area contributed by atoms with E-state index in [1.165, 1.54) is 12.0 Å². The Morgan fingerprint density at radius 1 is 1.37 bits per heavy atom. The molecule has 0 radical (unpaired) electrons. The molecule has 0 spiro atoms. The number of nitrogens with one attached hydrogen (secondary N) is 1. The minimum Gasteiger partial charge on any atom is -0.481 e. The normalized spacial score (nSPS) is 30.2. The molecule has 0 aromatic heterocycles. The van der Waals surface area contributed by atoms with Gasteiger partial charge in [0.2, 0.25) is 5.91 Å². The van der Waals surface area contributed by atoms with Gasteiger partial charge in [0, 0.05) is 6.54 Å². The highest BCUT2D eigenvalue weighted by molar-refractivity contribution is 5.85.